The van der Waals surface area contributed by atoms with Crippen LogP contribution in [-0.4, -0.2) is 31.2 Å². The highest BCUT2D eigenvalue weighted by molar-refractivity contribution is 5.85. The number of nitrogens with one attached hydrogen (secondary N) is 3. The van der Waals surface area contributed by atoms with Crippen LogP contribution < -0.4 is 16.0 Å². The lowest BCUT2D eigenvalue weighted by atomic mass is 9.93. The van der Waals surface area contributed by atoms with Crippen LogP contribution in [0.2, 0.25) is 0 Å². The molecule has 0 saturated carbocycles. The van der Waals surface area contributed by atoms with Gasteiger partial charge in [-0.3, -0.25) is 20.7 Å². The van der Waals surface area contributed by atoms with Crippen LogP contribution in [0.15, 0.2) is 0 Å². The van der Waals surface area contributed by atoms with Crippen LogP contribution in [-0.2, 0) is 4.79 Å². The maximum atomic E-state index is 12.0. The van der Waals surface area contributed by atoms with Crippen molar-refractivity contribution in [3.8, 4) is 0 Å². The summed E-state index contributed by atoms with van der Waals surface area (Å²) in [6.45, 7) is 14.0. The van der Waals surface area contributed by atoms with E-state index in [1.165, 1.54) is 0 Å². The molecule has 1 atom stereocenters. The van der Waals surface area contributed by atoms with Crippen molar-refractivity contribution in [2.24, 2.45) is 11.8 Å². The Hall–Kier alpha value is -0.450. The molecule has 17 heavy (non-hydrogen) atoms. The third-order valence-corrected chi connectivity index (χ3v) is 2.71. The zero-order valence-electron chi connectivity index (χ0n) is 12.1. The second-order valence-electron chi connectivity index (χ2n) is 4.79. The first kappa shape index (κ1) is 16.6. The number of ketones is 1. The maximum Gasteiger partial charge on any atom is 0.152 e. The van der Waals surface area contributed by atoms with Crippen LogP contribution in [0.5, 0.6) is 0 Å². The Morgan fingerprint density at radius 2 is 1.65 bits per heavy atom. The molecular formula is C13H33N3O. The Bertz CT molecular complexity index is 220. The molecule has 1 fully saturated rings. The molecule has 1 aliphatic heterocycles. The van der Waals surface area contributed by atoms with E-state index in [1.54, 1.807) is 0 Å². The molecule has 0 aliphatic carbocycles. The van der Waals surface area contributed by atoms with Crippen LogP contribution in [0, 0.1) is 11.8 Å². The molecule has 0 aromatic heterocycles. The van der Waals surface area contributed by atoms with Gasteiger partial charge in [-0.25, -0.2) is 0 Å². The summed E-state index contributed by atoms with van der Waals surface area (Å²) in [4.78, 5) is 12.0. The van der Waals surface area contributed by atoms with Crippen molar-refractivity contribution in [3.63, 3.8) is 0 Å². The van der Waals surface area contributed by atoms with E-state index in [1.807, 2.05) is 27.7 Å². The Balaban J connectivity index is -0.000000609. The van der Waals surface area contributed by atoms with Gasteiger partial charge in [-0.15, -0.1) is 0 Å². The molecule has 0 aromatic carbocycles. The molecule has 4 heteroatoms. The number of hydrogen-bond donors (Lipinski definition) is 3. The highest BCUT2D eigenvalue weighted by Crippen LogP contribution is 2.09. The van der Waals surface area contributed by atoms with Gasteiger partial charge >= 0.3 is 0 Å². The molecule has 0 radical (unpaired) electrons. The summed E-state index contributed by atoms with van der Waals surface area (Å²) < 4.78 is 0. The van der Waals surface area contributed by atoms with Crippen LogP contribution in [0.25, 0.3) is 0 Å². The third kappa shape index (κ3) is 5.61. The minimum Gasteiger partial charge on any atom is -0.298 e. The average Bonchev–Trinajstić information content (AvgIpc) is 2.80. The fraction of sp³-hybridized carbons (Fsp3) is 0.923. The van der Waals surface area contributed by atoms with Gasteiger partial charge < -0.3 is 0 Å². The van der Waals surface area contributed by atoms with Crippen molar-refractivity contribution < 1.29 is 7.65 Å². The van der Waals surface area contributed by atoms with Crippen LogP contribution >= 0.6 is 0 Å². The first-order valence-corrected chi connectivity index (χ1v) is 6.79. The van der Waals surface area contributed by atoms with Gasteiger partial charge in [0, 0.05) is 21.9 Å². The predicted octanol–water partition coefficient (Wildman–Crippen LogP) is 1.82. The Morgan fingerprint density at radius 3 is 2.00 bits per heavy atom. The Kier molecular flexibility index (Phi) is 8.39. The summed E-state index contributed by atoms with van der Waals surface area (Å²) in [7, 11) is 0. The molecule has 1 aliphatic rings. The van der Waals surface area contributed by atoms with Gasteiger partial charge in [0.2, 0.25) is 0 Å². The minimum absolute atomic E-state index is 0. The van der Waals surface area contributed by atoms with Crippen LogP contribution in [0.3, 0.4) is 0 Å². The summed E-state index contributed by atoms with van der Waals surface area (Å²) in [6, 6.07) is -0.0619. The molecule has 1 rings (SSSR count). The summed E-state index contributed by atoms with van der Waals surface area (Å²) >= 11 is 0. The van der Waals surface area contributed by atoms with E-state index in [2.05, 4.69) is 29.8 Å². The molecule has 0 aromatic rings. The van der Waals surface area contributed by atoms with Crippen molar-refractivity contribution >= 4 is 5.78 Å². The summed E-state index contributed by atoms with van der Waals surface area (Å²) in [5.74, 6) is 0.705. The number of carbonyl (C=O) groups is 1. The molecule has 4 nitrogen and oxygen atoms in total. The van der Waals surface area contributed by atoms with E-state index in [0.29, 0.717) is 11.7 Å². The second kappa shape index (κ2) is 8.61. The van der Waals surface area contributed by atoms with Crippen molar-refractivity contribution in [2.75, 3.05) is 13.1 Å². The minimum atomic E-state index is -0.0619. The molecule has 106 valence electrons. The molecular weight excluding hydrogens is 214 g/mol. The molecule has 3 N–H and O–H groups in total. The van der Waals surface area contributed by atoms with Gasteiger partial charge in [0.25, 0.3) is 0 Å². The summed E-state index contributed by atoms with van der Waals surface area (Å²) in [5.41, 5.74) is 0. The van der Waals surface area contributed by atoms with Crippen LogP contribution in [0.1, 0.15) is 44.4 Å². The zero-order valence-corrected chi connectivity index (χ0v) is 12.1. The van der Waals surface area contributed by atoms with E-state index >= 15 is 0 Å². The SMILES string of the molecule is CC.CC(C)C(=O)[C@H](NC1NCCN1)C(C)C.[HH].[HH]. The number of rotatable bonds is 5. The monoisotopic (exact) mass is 247 g/mol. The average molecular weight is 247 g/mol. The highest BCUT2D eigenvalue weighted by Gasteiger charge is 2.27. The molecule has 0 bridgehead atoms. The van der Waals surface area contributed by atoms with Gasteiger partial charge in [-0.1, -0.05) is 41.5 Å². The van der Waals surface area contributed by atoms with Crippen molar-refractivity contribution in [2.45, 2.75) is 53.9 Å². The van der Waals surface area contributed by atoms with Gasteiger partial charge in [-0.2, -0.15) is 0 Å². The summed E-state index contributed by atoms with van der Waals surface area (Å²) in [5, 5.41) is 9.85. The summed E-state index contributed by atoms with van der Waals surface area (Å²) in [6.07, 6.45) is 0.0834. The van der Waals surface area contributed by atoms with Crippen molar-refractivity contribution in [1.29, 1.82) is 0 Å². The fourth-order valence-electron chi connectivity index (χ4n) is 1.76. The van der Waals surface area contributed by atoms with Gasteiger partial charge in [-0.05, 0) is 5.92 Å². The smallest absolute Gasteiger partial charge is 0.152 e. The highest BCUT2D eigenvalue weighted by atomic mass is 16.1. The lowest BCUT2D eigenvalue weighted by Gasteiger charge is -2.26. The van der Waals surface area contributed by atoms with E-state index < -0.39 is 0 Å². The lowest BCUT2D eigenvalue weighted by Crippen LogP contribution is -2.55. The number of Topliss-reactive ketones (excluding diaryl/α,β-unsaturated/α-hetero) is 1. The number of carbonyl (C=O) groups excluding carboxylic acids is 1. The van der Waals surface area contributed by atoms with Gasteiger partial charge in [0.05, 0.1) is 6.04 Å². The van der Waals surface area contributed by atoms with Crippen LogP contribution in [0.4, 0.5) is 0 Å². The lowest BCUT2D eigenvalue weighted by molar-refractivity contribution is -0.125. The quantitative estimate of drug-likeness (QED) is 0.694. The Labute approximate surface area is 109 Å². The topological polar surface area (TPSA) is 53.2 Å². The number of hydrogen-bond acceptors (Lipinski definition) is 4. The molecule has 1 saturated heterocycles. The van der Waals surface area contributed by atoms with E-state index in [-0.39, 0.29) is 21.1 Å². The third-order valence-electron chi connectivity index (χ3n) is 2.71. The molecule has 0 unspecified atom stereocenters. The first-order valence-electron chi connectivity index (χ1n) is 6.79. The van der Waals surface area contributed by atoms with Crippen molar-refractivity contribution in [1.82, 2.24) is 16.0 Å². The fourth-order valence-corrected chi connectivity index (χ4v) is 1.76. The molecule has 0 amide bonds. The van der Waals surface area contributed by atoms with E-state index in [4.69, 9.17) is 0 Å². The largest absolute Gasteiger partial charge is 0.298 e. The maximum absolute atomic E-state index is 12.0. The second-order valence-corrected chi connectivity index (χ2v) is 4.79. The van der Waals surface area contributed by atoms with Gasteiger partial charge in [0.15, 0.2) is 5.78 Å². The van der Waals surface area contributed by atoms with E-state index in [0.717, 1.165) is 13.1 Å². The van der Waals surface area contributed by atoms with E-state index in [9.17, 15) is 4.79 Å². The molecule has 1 heterocycles. The van der Waals surface area contributed by atoms with Crippen molar-refractivity contribution in [3.05, 3.63) is 0 Å². The predicted molar refractivity (Wildman–Crippen MR) is 77.0 cm³/mol. The first-order chi connectivity index (χ1) is 8.02. The van der Waals surface area contributed by atoms with Gasteiger partial charge in [0.1, 0.15) is 6.29 Å². The Morgan fingerprint density at radius 1 is 1.18 bits per heavy atom. The molecule has 0 spiro atoms. The standard InChI is InChI=1S/C11H23N3O.C2H6.2H2/c1-7(2)9(10(15)8(3)4)14-11-12-5-6-13-11;1-2;;/h7-9,11-14H,5-6H2,1-4H3;1-2H3;2*1H/t9-;;;/m1.../s1. The normalized spacial score (nSPS) is 18.1. The zero-order chi connectivity index (χ0) is 13.4.